The average Bonchev–Trinajstić information content (AvgIpc) is 2.70. The molecule has 0 amide bonds. The van der Waals surface area contributed by atoms with Gasteiger partial charge in [-0.05, 0) is 66.7 Å². The number of aryl methyl sites for hydroxylation is 1. The molecular weight excluding hydrogens is 354 g/mol. The summed E-state index contributed by atoms with van der Waals surface area (Å²) >= 11 is 5.23. The molecule has 0 bridgehead atoms. The first-order chi connectivity index (χ1) is 13.2. The molecule has 5 heteroatoms. The van der Waals surface area contributed by atoms with Crippen molar-refractivity contribution in [1.82, 2.24) is 5.43 Å². The minimum absolute atomic E-state index is 0.443. The summed E-state index contributed by atoms with van der Waals surface area (Å²) in [6, 6.07) is 25.8. The van der Waals surface area contributed by atoms with Crippen LogP contribution in [-0.2, 0) is 6.61 Å². The molecular formula is C22H21N3OS. The van der Waals surface area contributed by atoms with Crippen molar-refractivity contribution >= 4 is 29.2 Å². The van der Waals surface area contributed by atoms with E-state index in [0.29, 0.717) is 11.7 Å². The molecule has 2 N–H and O–H groups in total. The van der Waals surface area contributed by atoms with Gasteiger partial charge in [0.2, 0.25) is 0 Å². The molecule has 136 valence electrons. The lowest BCUT2D eigenvalue weighted by Crippen LogP contribution is -2.23. The lowest BCUT2D eigenvalue weighted by Gasteiger charge is -2.07. The third kappa shape index (κ3) is 6.24. The van der Waals surface area contributed by atoms with Crippen LogP contribution in [0.5, 0.6) is 5.75 Å². The molecule has 3 aromatic carbocycles. The molecule has 0 aliphatic rings. The Hall–Kier alpha value is -3.18. The van der Waals surface area contributed by atoms with Gasteiger partial charge in [0.25, 0.3) is 0 Å². The van der Waals surface area contributed by atoms with E-state index >= 15 is 0 Å². The highest BCUT2D eigenvalue weighted by Gasteiger charge is 1.97. The fourth-order valence-electron chi connectivity index (χ4n) is 2.35. The van der Waals surface area contributed by atoms with Crippen LogP contribution < -0.4 is 15.5 Å². The first-order valence-electron chi connectivity index (χ1n) is 8.62. The molecule has 0 aromatic heterocycles. The maximum atomic E-state index is 5.77. The molecule has 0 unspecified atom stereocenters. The van der Waals surface area contributed by atoms with Gasteiger partial charge in [-0.25, -0.2) is 0 Å². The van der Waals surface area contributed by atoms with E-state index in [0.717, 1.165) is 22.6 Å². The first-order valence-corrected chi connectivity index (χ1v) is 9.03. The number of nitrogens with one attached hydrogen (secondary N) is 2. The van der Waals surface area contributed by atoms with E-state index in [1.807, 2.05) is 85.8 Å². The van der Waals surface area contributed by atoms with Crippen LogP contribution in [-0.4, -0.2) is 11.3 Å². The lowest BCUT2D eigenvalue weighted by atomic mass is 10.2. The molecule has 3 rings (SSSR count). The average molecular weight is 375 g/mol. The summed E-state index contributed by atoms with van der Waals surface area (Å²) in [6.45, 7) is 2.59. The number of hydrogen-bond acceptors (Lipinski definition) is 3. The van der Waals surface area contributed by atoms with E-state index < -0.39 is 0 Å². The molecule has 0 aliphatic heterocycles. The number of thiocarbonyl (C=S) groups is 1. The second-order valence-electron chi connectivity index (χ2n) is 6.03. The Labute approximate surface area is 164 Å². The van der Waals surface area contributed by atoms with Crippen molar-refractivity contribution in [2.24, 2.45) is 5.10 Å². The Morgan fingerprint density at radius 3 is 2.37 bits per heavy atom. The number of rotatable bonds is 6. The van der Waals surface area contributed by atoms with Crippen LogP contribution in [0.2, 0.25) is 0 Å². The quantitative estimate of drug-likeness (QED) is 0.366. The Bertz CT molecular complexity index is 891. The van der Waals surface area contributed by atoms with Crippen LogP contribution in [0.1, 0.15) is 16.7 Å². The summed E-state index contributed by atoms with van der Waals surface area (Å²) in [5.74, 6) is 0.820. The molecule has 0 saturated carbocycles. The van der Waals surface area contributed by atoms with Crippen molar-refractivity contribution in [3.8, 4) is 5.75 Å². The third-order valence-corrected chi connectivity index (χ3v) is 4.01. The van der Waals surface area contributed by atoms with Crippen molar-refractivity contribution in [1.29, 1.82) is 0 Å². The van der Waals surface area contributed by atoms with Gasteiger partial charge in [0.1, 0.15) is 12.4 Å². The summed E-state index contributed by atoms with van der Waals surface area (Å²) in [6.07, 6.45) is 1.71. The zero-order chi connectivity index (χ0) is 18.9. The number of anilines is 1. The zero-order valence-electron chi connectivity index (χ0n) is 15.1. The largest absolute Gasteiger partial charge is 0.489 e. The third-order valence-electron chi connectivity index (χ3n) is 3.82. The fourth-order valence-corrected chi connectivity index (χ4v) is 2.52. The zero-order valence-corrected chi connectivity index (χ0v) is 15.9. The van der Waals surface area contributed by atoms with Crippen molar-refractivity contribution in [2.45, 2.75) is 13.5 Å². The van der Waals surface area contributed by atoms with Crippen molar-refractivity contribution < 1.29 is 4.74 Å². The molecule has 0 saturated heterocycles. The summed E-state index contributed by atoms with van der Waals surface area (Å²) in [7, 11) is 0. The summed E-state index contributed by atoms with van der Waals surface area (Å²) < 4.78 is 5.77. The van der Waals surface area contributed by atoms with E-state index in [9.17, 15) is 0 Å². The predicted octanol–water partition coefficient (Wildman–Crippen LogP) is 4.89. The monoisotopic (exact) mass is 375 g/mol. The second-order valence-corrected chi connectivity index (χ2v) is 6.44. The number of benzene rings is 3. The Morgan fingerprint density at radius 2 is 1.67 bits per heavy atom. The summed E-state index contributed by atoms with van der Waals surface area (Å²) in [4.78, 5) is 0. The van der Waals surface area contributed by atoms with Gasteiger partial charge in [-0.1, -0.05) is 48.0 Å². The first kappa shape index (κ1) is 18.6. The molecule has 4 nitrogen and oxygen atoms in total. The standard InChI is InChI=1S/C22H21N3OS/c1-17-7-11-20(12-8-17)24-22(27)25-23-15-18-9-13-21(14-10-18)26-16-19-5-3-2-4-6-19/h2-15H,16H2,1H3,(H2,24,25,27)/b23-15+. The van der Waals surface area contributed by atoms with Crippen molar-refractivity contribution in [3.05, 3.63) is 95.6 Å². The Morgan fingerprint density at radius 1 is 0.963 bits per heavy atom. The minimum atomic E-state index is 0.443. The van der Waals surface area contributed by atoms with E-state index in [1.54, 1.807) is 6.21 Å². The SMILES string of the molecule is Cc1ccc(NC(=S)N/N=C/c2ccc(OCc3ccccc3)cc2)cc1. The molecule has 0 spiro atoms. The second kappa shape index (κ2) is 9.50. The molecule has 0 heterocycles. The Kier molecular flexibility index (Phi) is 6.55. The minimum Gasteiger partial charge on any atom is -0.489 e. The van der Waals surface area contributed by atoms with Gasteiger partial charge in [-0.3, -0.25) is 5.43 Å². The summed E-state index contributed by atoms with van der Waals surface area (Å²) in [5.41, 5.74) is 7.03. The van der Waals surface area contributed by atoms with Gasteiger partial charge in [-0.15, -0.1) is 0 Å². The van der Waals surface area contributed by atoms with Crippen LogP contribution in [0.25, 0.3) is 0 Å². The van der Waals surface area contributed by atoms with E-state index in [-0.39, 0.29) is 0 Å². The van der Waals surface area contributed by atoms with Gasteiger partial charge in [-0.2, -0.15) is 5.10 Å². The molecule has 27 heavy (non-hydrogen) atoms. The van der Waals surface area contributed by atoms with Crippen molar-refractivity contribution in [2.75, 3.05) is 5.32 Å². The molecule has 0 fully saturated rings. The molecule has 0 radical (unpaired) electrons. The van der Waals surface area contributed by atoms with E-state index in [2.05, 4.69) is 15.8 Å². The predicted molar refractivity (Wildman–Crippen MR) is 115 cm³/mol. The highest BCUT2D eigenvalue weighted by atomic mass is 32.1. The normalized spacial score (nSPS) is 10.6. The van der Waals surface area contributed by atoms with Crippen LogP contribution in [0.3, 0.4) is 0 Å². The maximum Gasteiger partial charge on any atom is 0.191 e. The van der Waals surface area contributed by atoms with Crippen molar-refractivity contribution in [3.63, 3.8) is 0 Å². The van der Waals surface area contributed by atoms with Crippen LogP contribution in [0, 0.1) is 6.92 Å². The van der Waals surface area contributed by atoms with Crippen LogP contribution >= 0.6 is 12.2 Å². The van der Waals surface area contributed by atoms with Crippen LogP contribution in [0.15, 0.2) is 84.0 Å². The number of ether oxygens (including phenoxy) is 1. The molecule has 3 aromatic rings. The van der Waals surface area contributed by atoms with Gasteiger partial charge in [0, 0.05) is 5.69 Å². The van der Waals surface area contributed by atoms with E-state index in [4.69, 9.17) is 17.0 Å². The van der Waals surface area contributed by atoms with Gasteiger partial charge in [0.05, 0.1) is 6.21 Å². The smallest absolute Gasteiger partial charge is 0.191 e. The summed E-state index contributed by atoms with van der Waals surface area (Å²) in [5, 5.41) is 7.68. The molecule has 0 atom stereocenters. The fraction of sp³-hybridized carbons (Fsp3) is 0.0909. The Balaban J connectivity index is 1.46. The number of hydrazone groups is 1. The van der Waals surface area contributed by atoms with Gasteiger partial charge >= 0.3 is 0 Å². The lowest BCUT2D eigenvalue weighted by molar-refractivity contribution is 0.306. The van der Waals surface area contributed by atoms with Gasteiger partial charge in [0.15, 0.2) is 5.11 Å². The number of nitrogens with zero attached hydrogens (tertiary/aromatic N) is 1. The van der Waals surface area contributed by atoms with Gasteiger partial charge < -0.3 is 10.1 Å². The molecule has 0 aliphatic carbocycles. The maximum absolute atomic E-state index is 5.77. The highest BCUT2D eigenvalue weighted by molar-refractivity contribution is 7.80. The highest BCUT2D eigenvalue weighted by Crippen LogP contribution is 2.13. The van der Waals surface area contributed by atoms with Crippen LogP contribution in [0.4, 0.5) is 5.69 Å². The topological polar surface area (TPSA) is 45.7 Å². The van der Waals surface area contributed by atoms with E-state index in [1.165, 1.54) is 5.56 Å². The number of hydrogen-bond donors (Lipinski definition) is 2.